The number of carbonyl (C=O) groups excluding carboxylic acids is 1. The molecule has 6 rings (SSSR count). The van der Waals surface area contributed by atoms with Gasteiger partial charge in [-0.3, -0.25) is 4.68 Å². The molecule has 4 aliphatic rings. The van der Waals surface area contributed by atoms with Crippen molar-refractivity contribution in [3.8, 4) is 11.1 Å². The molecular formula is C22H30N4O3. The molecule has 4 aliphatic carbocycles. The smallest absolute Gasteiger partial charge is 0.314 e. The number of methoxy groups -OCH3 is 1. The molecule has 29 heavy (non-hydrogen) atoms. The maximum atomic E-state index is 12.4. The standard InChI is InChI=1S/C22H30N4O3/c1-28-22-9-16-6-17(10-22)8-21(7-16,14-22)15-24-20(27)23-3-4-26-12-19(11-25-26)18-2-5-29-13-18/h2,5,11-13,16-17H,3-4,6-10,14-15H2,1H3,(H2,23,24,27). The van der Waals surface area contributed by atoms with E-state index in [-0.39, 0.29) is 17.0 Å². The third-order valence-electron chi connectivity index (χ3n) is 7.30. The summed E-state index contributed by atoms with van der Waals surface area (Å²) in [5, 5.41) is 10.5. The first-order valence-electron chi connectivity index (χ1n) is 10.7. The first kappa shape index (κ1) is 18.7. The van der Waals surface area contributed by atoms with Gasteiger partial charge in [0.05, 0.1) is 30.9 Å². The van der Waals surface area contributed by atoms with Gasteiger partial charge in [-0.2, -0.15) is 5.10 Å². The van der Waals surface area contributed by atoms with Crippen molar-refractivity contribution >= 4 is 6.03 Å². The van der Waals surface area contributed by atoms with E-state index >= 15 is 0 Å². The van der Waals surface area contributed by atoms with Gasteiger partial charge in [0.25, 0.3) is 0 Å². The van der Waals surface area contributed by atoms with Crippen LogP contribution in [0.5, 0.6) is 0 Å². The van der Waals surface area contributed by atoms with Crippen molar-refractivity contribution in [1.82, 2.24) is 20.4 Å². The second-order valence-corrected chi connectivity index (χ2v) is 9.46. The molecule has 0 saturated heterocycles. The van der Waals surface area contributed by atoms with Crippen LogP contribution in [0.25, 0.3) is 11.1 Å². The maximum absolute atomic E-state index is 12.4. The van der Waals surface area contributed by atoms with Crippen LogP contribution < -0.4 is 10.6 Å². The lowest BCUT2D eigenvalue weighted by Crippen LogP contribution is -2.59. The van der Waals surface area contributed by atoms with Crippen LogP contribution >= 0.6 is 0 Å². The van der Waals surface area contributed by atoms with E-state index in [1.54, 1.807) is 12.5 Å². The lowest BCUT2D eigenvalue weighted by atomic mass is 9.48. The van der Waals surface area contributed by atoms with Crippen LogP contribution in [0, 0.1) is 17.3 Å². The molecule has 156 valence electrons. The van der Waals surface area contributed by atoms with E-state index in [2.05, 4.69) is 15.7 Å². The van der Waals surface area contributed by atoms with Crippen molar-refractivity contribution in [3.05, 3.63) is 31.0 Å². The van der Waals surface area contributed by atoms with Crippen LogP contribution in [0.4, 0.5) is 4.79 Å². The largest absolute Gasteiger partial charge is 0.472 e. The maximum Gasteiger partial charge on any atom is 0.314 e. The highest BCUT2D eigenvalue weighted by Gasteiger charge is 2.57. The van der Waals surface area contributed by atoms with E-state index in [1.165, 1.54) is 32.1 Å². The highest BCUT2D eigenvalue weighted by Crippen LogP contribution is 2.62. The molecule has 0 radical (unpaired) electrons. The minimum absolute atomic E-state index is 0.0645. The quantitative estimate of drug-likeness (QED) is 0.749. The highest BCUT2D eigenvalue weighted by molar-refractivity contribution is 5.73. The molecule has 4 saturated carbocycles. The third kappa shape index (κ3) is 3.68. The first-order valence-corrected chi connectivity index (χ1v) is 10.7. The number of aromatic nitrogens is 2. The second kappa shape index (κ2) is 7.20. The summed E-state index contributed by atoms with van der Waals surface area (Å²) in [5.41, 5.74) is 2.30. The molecule has 0 spiro atoms. The zero-order valence-corrected chi connectivity index (χ0v) is 17.0. The van der Waals surface area contributed by atoms with E-state index in [0.717, 1.165) is 35.9 Å². The fourth-order valence-corrected chi connectivity index (χ4v) is 6.49. The average Bonchev–Trinajstić information content (AvgIpc) is 3.37. The van der Waals surface area contributed by atoms with Crippen LogP contribution in [-0.2, 0) is 11.3 Å². The molecule has 2 aromatic heterocycles. The van der Waals surface area contributed by atoms with Crippen LogP contribution in [-0.4, -0.2) is 41.6 Å². The van der Waals surface area contributed by atoms with E-state index < -0.39 is 0 Å². The number of urea groups is 1. The molecular weight excluding hydrogens is 368 g/mol. The van der Waals surface area contributed by atoms with Crippen molar-refractivity contribution in [3.63, 3.8) is 0 Å². The number of hydrogen-bond acceptors (Lipinski definition) is 4. The van der Waals surface area contributed by atoms with Crippen molar-refractivity contribution < 1.29 is 13.9 Å². The van der Waals surface area contributed by atoms with Crippen molar-refractivity contribution in [2.45, 2.75) is 50.7 Å². The minimum Gasteiger partial charge on any atom is -0.472 e. The Hall–Kier alpha value is -2.28. The zero-order chi connectivity index (χ0) is 19.9. The molecule has 0 aromatic carbocycles. The predicted molar refractivity (Wildman–Crippen MR) is 108 cm³/mol. The van der Waals surface area contributed by atoms with Gasteiger partial charge in [0.15, 0.2) is 0 Å². The van der Waals surface area contributed by atoms with Gasteiger partial charge in [0.2, 0.25) is 0 Å². The molecule has 2 unspecified atom stereocenters. The van der Waals surface area contributed by atoms with Crippen LogP contribution in [0.2, 0.25) is 0 Å². The van der Waals surface area contributed by atoms with Gasteiger partial charge in [0, 0.05) is 37.5 Å². The highest BCUT2D eigenvalue weighted by atomic mass is 16.5. The van der Waals surface area contributed by atoms with Crippen molar-refractivity contribution in [2.75, 3.05) is 20.2 Å². The Morgan fingerprint density at radius 3 is 2.83 bits per heavy atom. The number of nitrogens with zero attached hydrogens (tertiary/aromatic N) is 2. The number of rotatable bonds is 7. The number of amides is 2. The molecule has 2 atom stereocenters. The van der Waals surface area contributed by atoms with Gasteiger partial charge >= 0.3 is 6.03 Å². The molecule has 2 heterocycles. The molecule has 4 fully saturated rings. The van der Waals surface area contributed by atoms with Crippen molar-refractivity contribution in [2.24, 2.45) is 17.3 Å². The number of nitrogens with one attached hydrogen (secondary N) is 2. The average molecular weight is 399 g/mol. The molecule has 0 aliphatic heterocycles. The van der Waals surface area contributed by atoms with E-state index in [4.69, 9.17) is 9.15 Å². The number of carbonyl (C=O) groups is 1. The zero-order valence-electron chi connectivity index (χ0n) is 17.0. The van der Waals surface area contributed by atoms with Crippen molar-refractivity contribution in [1.29, 1.82) is 0 Å². The Kier molecular flexibility index (Phi) is 4.65. The summed E-state index contributed by atoms with van der Waals surface area (Å²) in [7, 11) is 1.87. The summed E-state index contributed by atoms with van der Waals surface area (Å²) >= 11 is 0. The Bertz CT molecular complexity index is 845. The van der Waals surface area contributed by atoms with Gasteiger partial charge in [-0.15, -0.1) is 0 Å². The molecule has 7 heteroatoms. The topological polar surface area (TPSA) is 81.3 Å². The summed E-state index contributed by atoms with van der Waals surface area (Å²) in [5.74, 6) is 1.54. The Labute approximate surface area is 171 Å². The molecule has 2 N–H and O–H groups in total. The normalized spacial score (nSPS) is 32.4. The van der Waals surface area contributed by atoms with E-state index in [9.17, 15) is 4.79 Å². The SMILES string of the molecule is COC12CC3CC(CC(CNC(=O)NCCn4cc(-c5ccoc5)cn4)(C3)C1)C2. The van der Waals surface area contributed by atoms with Gasteiger partial charge in [-0.1, -0.05) is 0 Å². The molecule has 4 bridgehead atoms. The summed E-state index contributed by atoms with van der Waals surface area (Å²) in [6.07, 6.45) is 14.4. The summed E-state index contributed by atoms with van der Waals surface area (Å²) in [6, 6.07) is 1.82. The van der Waals surface area contributed by atoms with Gasteiger partial charge in [-0.05, 0) is 61.8 Å². The Balaban J connectivity index is 1.10. The minimum atomic E-state index is -0.0885. The Morgan fingerprint density at radius 2 is 2.10 bits per heavy atom. The molecule has 7 nitrogen and oxygen atoms in total. The fraction of sp³-hybridized carbons (Fsp3) is 0.636. The second-order valence-electron chi connectivity index (χ2n) is 9.46. The molecule has 2 aromatic rings. The van der Waals surface area contributed by atoms with Crippen LogP contribution in [0.15, 0.2) is 35.4 Å². The number of hydrogen-bond donors (Lipinski definition) is 2. The summed E-state index contributed by atoms with van der Waals surface area (Å²) in [4.78, 5) is 12.4. The number of ether oxygens (including phenoxy) is 1. The first-order chi connectivity index (χ1) is 14.1. The van der Waals surface area contributed by atoms with Gasteiger partial charge in [0.1, 0.15) is 0 Å². The monoisotopic (exact) mass is 398 g/mol. The fourth-order valence-electron chi connectivity index (χ4n) is 6.49. The lowest BCUT2D eigenvalue weighted by Gasteiger charge is -2.61. The van der Waals surface area contributed by atoms with Crippen LogP contribution in [0.1, 0.15) is 38.5 Å². The summed E-state index contributed by atoms with van der Waals surface area (Å²) < 4.78 is 12.9. The van der Waals surface area contributed by atoms with E-state index in [1.807, 2.05) is 30.3 Å². The predicted octanol–water partition coefficient (Wildman–Crippen LogP) is 3.43. The number of furan rings is 1. The van der Waals surface area contributed by atoms with Crippen LogP contribution in [0.3, 0.4) is 0 Å². The summed E-state index contributed by atoms with van der Waals surface area (Å²) in [6.45, 7) is 1.93. The third-order valence-corrected chi connectivity index (χ3v) is 7.30. The lowest BCUT2D eigenvalue weighted by molar-refractivity contribution is -0.177. The van der Waals surface area contributed by atoms with Gasteiger partial charge in [-0.25, -0.2) is 4.79 Å². The molecule has 2 amide bonds. The van der Waals surface area contributed by atoms with E-state index in [0.29, 0.717) is 13.1 Å². The van der Waals surface area contributed by atoms with Gasteiger partial charge < -0.3 is 19.8 Å². The Morgan fingerprint density at radius 1 is 1.28 bits per heavy atom.